The SMILES string of the molecule is CCC/C(=C\[C@@H](C)NC(C)(C)C)C(C)(C)C. The van der Waals surface area contributed by atoms with Crippen molar-refractivity contribution >= 4 is 0 Å². The first kappa shape index (κ1) is 15.7. The van der Waals surface area contributed by atoms with Crippen molar-refractivity contribution in [3.05, 3.63) is 11.6 Å². The summed E-state index contributed by atoms with van der Waals surface area (Å²) >= 11 is 0. The van der Waals surface area contributed by atoms with Crippen LogP contribution in [0.2, 0.25) is 0 Å². The molecule has 1 atom stereocenters. The maximum Gasteiger partial charge on any atom is 0.0229 e. The fraction of sp³-hybridized carbons (Fsp3) is 0.867. The van der Waals surface area contributed by atoms with Crippen molar-refractivity contribution in [3.8, 4) is 0 Å². The van der Waals surface area contributed by atoms with Crippen LogP contribution >= 0.6 is 0 Å². The summed E-state index contributed by atoms with van der Waals surface area (Å²) in [5.41, 5.74) is 2.05. The van der Waals surface area contributed by atoms with E-state index in [-0.39, 0.29) is 5.54 Å². The molecule has 0 aromatic rings. The first-order chi connectivity index (χ1) is 7.06. The van der Waals surface area contributed by atoms with Gasteiger partial charge in [-0.2, -0.15) is 0 Å². The van der Waals surface area contributed by atoms with E-state index in [9.17, 15) is 0 Å². The molecule has 16 heavy (non-hydrogen) atoms. The van der Waals surface area contributed by atoms with E-state index in [1.807, 2.05) is 0 Å². The molecule has 1 N–H and O–H groups in total. The number of hydrogen-bond acceptors (Lipinski definition) is 1. The second-order valence-electron chi connectivity index (χ2n) is 6.87. The molecule has 96 valence electrons. The molecule has 0 radical (unpaired) electrons. The maximum atomic E-state index is 3.60. The van der Waals surface area contributed by atoms with Crippen LogP contribution < -0.4 is 5.32 Å². The zero-order valence-corrected chi connectivity index (χ0v) is 12.6. The Kier molecular flexibility index (Phi) is 5.75. The van der Waals surface area contributed by atoms with Crippen LogP contribution in [0.25, 0.3) is 0 Å². The smallest absolute Gasteiger partial charge is 0.0229 e. The second-order valence-corrected chi connectivity index (χ2v) is 6.87. The summed E-state index contributed by atoms with van der Waals surface area (Å²) in [7, 11) is 0. The molecule has 0 bridgehead atoms. The van der Waals surface area contributed by atoms with Gasteiger partial charge in [0.2, 0.25) is 0 Å². The molecule has 0 aliphatic carbocycles. The predicted molar refractivity (Wildman–Crippen MR) is 74.8 cm³/mol. The standard InChI is InChI=1S/C15H31N/c1-9-10-13(14(3,4)5)11-12(2)16-15(6,7)8/h11-12,16H,9-10H2,1-8H3/b13-11+/t12-/m1/s1. The van der Waals surface area contributed by atoms with Gasteiger partial charge in [-0.15, -0.1) is 0 Å². The molecule has 0 aliphatic heterocycles. The highest BCUT2D eigenvalue weighted by atomic mass is 15.0. The zero-order valence-electron chi connectivity index (χ0n) is 12.6. The van der Waals surface area contributed by atoms with E-state index in [2.05, 4.69) is 66.8 Å². The molecule has 0 unspecified atom stereocenters. The van der Waals surface area contributed by atoms with E-state index in [0.717, 1.165) is 0 Å². The number of rotatable bonds is 4. The Morgan fingerprint density at radius 2 is 1.62 bits per heavy atom. The molecule has 0 aromatic carbocycles. The topological polar surface area (TPSA) is 12.0 Å². The highest BCUT2D eigenvalue weighted by molar-refractivity contribution is 5.14. The maximum absolute atomic E-state index is 3.60. The van der Waals surface area contributed by atoms with Crippen LogP contribution in [-0.2, 0) is 0 Å². The van der Waals surface area contributed by atoms with Crippen molar-refractivity contribution in [3.63, 3.8) is 0 Å². The minimum absolute atomic E-state index is 0.186. The van der Waals surface area contributed by atoms with Crippen LogP contribution in [0.3, 0.4) is 0 Å². The van der Waals surface area contributed by atoms with Gasteiger partial charge >= 0.3 is 0 Å². The molecule has 0 heterocycles. The first-order valence-electron chi connectivity index (χ1n) is 6.55. The van der Waals surface area contributed by atoms with E-state index in [4.69, 9.17) is 0 Å². The number of hydrogen-bond donors (Lipinski definition) is 1. The van der Waals surface area contributed by atoms with E-state index in [1.54, 1.807) is 5.57 Å². The predicted octanol–water partition coefficient (Wildman–Crippen LogP) is 4.54. The van der Waals surface area contributed by atoms with Crippen molar-refractivity contribution < 1.29 is 0 Å². The lowest BCUT2D eigenvalue weighted by Crippen LogP contribution is -2.41. The Morgan fingerprint density at radius 3 is 1.94 bits per heavy atom. The second kappa shape index (κ2) is 5.86. The summed E-state index contributed by atoms with van der Waals surface area (Å²) in [5, 5.41) is 3.60. The third kappa shape index (κ3) is 7.05. The van der Waals surface area contributed by atoms with Crippen LogP contribution in [0.5, 0.6) is 0 Å². The van der Waals surface area contributed by atoms with Crippen LogP contribution in [0.15, 0.2) is 11.6 Å². The Hall–Kier alpha value is -0.300. The van der Waals surface area contributed by atoms with Crippen molar-refractivity contribution in [2.75, 3.05) is 0 Å². The van der Waals surface area contributed by atoms with Gasteiger partial charge in [-0.3, -0.25) is 0 Å². The molecule has 0 saturated carbocycles. The number of allylic oxidation sites excluding steroid dienone is 1. The third-order valence-corrected chi connectivity index (χ3v) is 2.59. The average molecular weight is 225 g/mol. The van der Waals surface area contributed by atoms with E-state index in [0.29, 0.717) is 11.5 Å². The summed E-state index contributed by atoms with van der Waals surface area (Å²) < 4.78 is 0. The van der Waals surface area contributed by atoms with Crippen LogP contribution in [0.4, 0.5) is 0 Å². The molecule has 1 nitrogen and oxygen atoms in total. The van der Waals surface area contributed by atoms with Gasteiger partial charge in [-0.1, -0.05) is 45.8 Å². The Bertz CT molecular complexity index is 225. The van der Waals surface area contributed by atoms with Gasteiger partial charge in [-0.25, -0.2) is 0 Å². The van der Waals surface area contributed by atoms with E-state index in [1.165, 1.54) is 12.8 Å². The van der Waals surface area contributed by atoms with Gasteiger partial charge in [0.15, 0.2) is 0 Å². The highest BCUT2D eigenvalue weighted by Crippen LogP contribution is 2.29. The summed E-state index contributed by atoms with van der Waals surface area (Å²) in [5.74, 6) is 0. The lowest BCUT2D eigenvalue weighted by molar-refractivity contribution is 0.396. The number of nitrogens with one attached hydrogen (secondary N) is 1. The normalized spacial score (nSPS) is 16.4. The molecule has 0 aliphatic rings. The van der Waals surface area contributed by atoms with Crippen molar-refractivity contribution in [1.29, 1.82) is 0 Å². The van der Waals surface area contributed by atoms with Crippen LogP contribution in [0.1, 0.15) is 68.2 Å². The molecular weight excluding hydrogens is 194 g/mol. The van der Waals surface area contributed by atoms with E-state index < -0.39 is 0 Å². The van der Waals surface area contributed by atoms with Crippen molar-refractivity contribution in [2.24, 2.45) is 5.41 Å². The Labute approximate surface area is 103 Å². The highest BCUT2D eigenvalue weighted by Gasteiger charge is 2.18. The molecular formula is C15H31N. The zero-order chi connectivity index (χ0) is 13.0. The lowest BCUT2D eigenvalue weighted by Gasteiger charge is -2.28. The molecule has 0 saturated heterocycles. The molecule has 0 amide bonds. The minimum atomic E-state index is 0.186. The summed E-state index contributed by atoms with van der Waals surface area (Å²) in [6, 6.07) is 0.445. The third-order valence-electron chi connectivity index (χ3n) is 2.59. The summed E-state index contributed by atoms with van der Waals surface area (Å²) in [4.78, 5) is 0. The van der Waals surface area contributed by atoms with Crippen molar-refractivity contribution in [1.82, 2.24) is 5.32 Å². The quantitative estimate of drug-likeness (QED) is 0.693. The fourth-order valence-corrected chi connectivity index (χ4v) is 2.00. The molecule has 0 rings (SSSR count). The lowest BCUT2D eigenvalue weighted by atomic mass is 9.82. The van der Waals surface area contributed by atoms with Gasteiger partial charge in [0.1, 0.15) is 0 Å². The van der Waals surface area contributed by atoms with Gasteiger partial charge in [0, 0.05) is 11.6 Å². The average Bonchev–Trinajstić information content (AvgIpc) is 1.97. The van der Waals surface area contributed by atoms with Gasteiger partial charge < -0.3 is 5.32 Å². The molecule has 0 spiro atoms. The largest absolute Gasteiger partial charge is 0.306 e. The summed E-state index contributed by atoms with van der Waals surface area (Å²) in [6.07, 6.45) is 4.85. The van der Waals surface area contributed by atoms with Crippen LogP contribution in [-0.4, -0.2) is 11.6 Å². The Morgan fingerprint density at radius 1 is 1.12 bits per heavy atom. The molecule has 1 heteroatoms. The summed E-state index contributed by atoms with van der Waals surface area (Å²) in [6.45, 7) is 18.1. The fourth-order valence-electron chi connectivity index (χ4n) is 2.00. The van der Waals surface area contributed by atoms with Crippen LogP contribution in [0, 0.1) is 5.41 Å². The van der Waals surface area contributed by atoms with Gasteiger partial charge in [0.05, 0.1) is 0 Å². The monoisotopic (exact) mass is 225 g/mol. The van der Waals surface area contributed by atoms with Gasteiger partial charge in [0.25, 0.3) is 0 Å². The molecule has 0 fully saturated rings. The van der Waals surface area contributed by atoms with E-state index >= 15 is 0 Å². The van der Waals surface area contributed by atoms with Gasteiger partial charge in [-0.05, 0) is 39.5 Å². The Balaban J connectivity index is 4.66. The van der Waals surface area contributed by atoms with Crippen molar-refractivity contribution in [2.45, 2.75) is 79.8 Å². The molecule has 0 aromatic heterocycles. The first-order valence-corrected chi connectivity index (χ1v) is 6.55. The minimum Gasteiger partial charge on any atom is -0.306 e.